The van der Waals surface area contributed by atoms with Gasteiger partial charge in [-0.3, -0.25) is 9.59 Å². The van der Waals surface area contributed by atoms with Crippen LogP contribution < -0.4 is 22.1 Å². The van der Waals surface area contributed by atoms with E-state index >= 15 is 0 Å². The number of H-pyrrole nitrogens is 1. The van der Waals surface area contributed by atoms with Crippen LogP contribution in [0, 0.1) is 0 Å². The van der Waals surface area contributed by atoms with Gasteiger partial charge in [0, 0.05) is 63.5 Å². The predicted molar refractivity (Wildman–Crippen MR) is 181 cm³/mol. The number of nitrogens with zero attached hydrogens (tertiary/aromatic N) is 1. The minimum Gasteiger partial charge on any atom is -0.361 e. The van der Waals surface area contributed by atoms with E-state index < -0.39 is 12.1 Å². The molecule has 0 fully saturated rings. The van der Waals surface area contributed by atoms with Crippen LogP contribution in [-0.2, 0) is 29.1 Å². The minimum absolute atomic E-state index is 0.148. The number of carbonyl (C=O) groups is 2. The monoisotopic (exact) mass is 654 g/mol. The van der Waals surface area contributed by atoms with Crippen LogP contribution in [0.5, 0.6) is 0 Å². The molecule has 4 rings (SSSR count). The first-order valence-electron chi connectivity index (χ1n) is 14.7. The molecule has 2 atom stereocenters. The van der Waals surface area contributed by atoms with E-state index in [1.165, 1.54) is 0 Å². The van der Waals surface area contributed by atoms with Gasteiger partial charge in [0.1, 0.15) is 6.04 Å². The number of rotatable bonds is 15. The Hall–Kier alpha value is -3.05. The number of nitrogens with two attached hydrogens (primary N) is 2. The van der Waals surface area contributed by atoms with E-state index in [0.29, 0.717) is 36.0 Å². The number of aromatic amines is 1. The number of hydrogen-bond donors (Lipinski definition) is 5. The standard InChI is InChI=1S/C33H40Cl2N6O2S/c1-38-27(8-5-6-14-36)33(43)41(2)29(16-22-19-39-28-17-25(35)10-12-26(22)28)32(42)40-20-23-15-24(34)11-13-31(23)44-30-9-4-3-7-21(30)18-37/h3-4,7,9-13,15,17,19,27,29,38-39H,5-6,8,14,16,18,20,36-37H2,1-2H3,(H,40,42)/t27-,29-/m0/s1. The molecule has 11 heteroatoms. The van der Waals surface area contributed by atoms with Gasteiger partial charge >= 0.3 is 0 Å². The molecule has 1 heterocycles. The Balaban J connectivity index is 1.59. The quantitative estimate of drug-likeness (QED) is 0.108. The second-order valence-corrected chi connectivity index (χ2v) is 12.6. The van der Waals surface area contributed by atoms with Crippen molar-refractivity contribution in [2.75, 3.05) is 20.6 Å². The number of hydrogen-bond acceptors (Lipinski definition) is 6. The van der Waals surface area contributed by atoms with E-state index in [4.69, 9.17) is 34.7 Å². The molecule has 4 aromatic rings. The zero-order chi connectivity index (χ0) is 31.6. The first kappa shape index (κ1) is 33.8. The number of unbranched alkanes of at least 4 members (excludes halogenated alkanes) is 1. The molecule has 0 spiro atoms. The summed E-state index contributed by atoms with van der Waals surface area (Å²) in [7, 11) is 3.45. The fourth-order valence-electron chi connectivity index (χ4n) is 5.20. The van der Waals surface area contributed by atoms with Gasteiger partial charge in [-0.25, -0.2) is 0 Å². The average molecular weight is 656 g/mol. The highest BCUT2D eigenvalue weighted by atomic mass is 35.5. The number of likely N-dealkylation sites (N-methyl/N-ethyl adjacent to an activating group) is 2. The van der Waals surface area contributed by atoms with Crippen molar-refractivity contribution in [2.24, 2.45) is 11.5 Å². The zero-order valence-electron chi connectivity index (χ0n) is 25.0. The molecule has 234 valence electrons. The molecular weight excluding hydrogens is 615 g/mol. The lowest BCUT2D eigenvalue weighted by atomic mass is 10.0. The molecule has 3 aromatic carbocycles. The maximum Gasteiger partial charge on any atom is 0.243 e. The van der Waals surface area contributed by atoms with Crippen molar-refractivity contribution in [1.29, 1.82) is 0 Å². The molecule has 0 radical (unpaired) electrons. The second-order valence-electron chi connectivity index (χ2n) is 10.7. The number of halogens is 2. The van der Waals surface area contributed by atoms with Crippen molar-refractivity contribution in [3.05, 3.63) is 93.6 Å². The third-order valence-electron chi connectivity index (χ3n) is 7.74. The Bertz CT molecular complexity index is 1580. The molecule has 0 saturated carbocycles. The van der Waals surface area contributed by atoms with Crippen molar-refractivity contribution in [2.45, 2.75) is 60.6 Å². The van der Waals surface area contributed by atoms with E-state index in [2.05, 4.69) is 15.6 Å². The van der Waals surface area contributed by atoms with Gasteiger partial charge in [-0.1, -0.05) is 65.7 Å². The molecule has 0 saturated heterocycles. The molecule has 2 amide bonds. The summed E-state index contributed by atoms with van der Waals surface area (Å²) in [5, 5.41) is 8.36. The fraction of sp³-hybridized carbons (Fsp3) is 0.333. The van der Waals surface area contributed by atoms with E-state index in [1.54, 1.807) is 30.8 Å². The van der Waals surface area contributed by atoms with E-state index in [1.807, 2.05) is 66.9 Å². The van der Waals surface area contributed by atoms with Crippen molar-refractivity contribution in [3.63, 3.8) is 0 Å². The summed E-state index contributed by atoms with van der Waals surface area (Å²) >= 11 is 14.2. The molecule has 44 heavy (non-hydrogen) atoms. The van der Waals surface area contributed by atoms with Gasteiger partial charge in [0.2, 0.25) is 11.8 Å². The molecule has 1 aromatic heterocycles. The molecule has 0 bridgehead atoms. The molecule has 7 N–H and O–H groups in total. The van der Waals surface area contributed by atoms with Crippen LogP contribution in [-0.4, -0.2) is 54.4 Å². The zero-order valence-corrected chi connectivity index (χ0v) is 27.4. The molecule has 0 aliphatic rings. The third kappa shape index (κ3) is 8.56. The average Bonchev–Trinajstić information content (AvgIpc) is 3.42. The number of carbonyl (C=O) groups excluding carboxylic acids is 2. The summed E-state index contributed by atoms with van der Waals surface area (Å²) in [6.45, 7) is 1.23. The van der Waals surface area contributed by atoms with Crippen LogP contribution >= 0.6 is 35.0 Å². The minimum atomic E-state index is -0.768. The lowest BCUT2D eigenvalue weighted by molar-refractivity contribution is -0.140. The summed E-state index contributed by atoms with van der Waals surface area (Å²) < 4.78 is 0. The Labute approximate surface area is 273 Å². The topological polar surface area (TPSA) is 129 Å². The Kier molecular flexibility index (Phi) is 12.5. The van der Waals surface area contributed by atoms with Crippen molar-refractivity contribution in [1.82, 2.24) is 20.5 Å². The van der Waals surface area contributed by atoms with Gasteiger partial charge in [0.25, 0.3) is 0 Å². The molecular formula is C33H40Cl2N6O2S. The molecule has 0 aliphatic carbocycles. The normalized spacial score (nSPS) is 12.7. The number of benzene rings is 3. The first-order chi connectivity index (χ1) is 21.2. The van der Waals surface area contributed by atoms with Crippen molar-refractivity contribution >= 4 is 57.7 Å². The smallest absolute Gasteiger partial charge is 0.243 e. The van der Waals surface area contributed by atoms with Gasteiger partial charge in [-0.2, -0.15) is 0 Å². The number of fused-ring (bicyclic) bond motifs is 1. The highest BCUT2D eigenvalue weighted by molar-refractivity contribution is 7.99. The first-order valence-corrected chi connectivity index (χ1v) is 16.2. The van der Waals surface area contributed by atoms with E-state index in [0.717, 1.165) is 50.2 Å². The lowest BCUT2D eigenvalue weighted by Gasteiger charge is -2.31. The largest absolute Gasteiger partial charge is 0.361 e. The maximum absolute atomic E-state index is 14.0. The number of aromatic nitrogens is 1. The summed E-state index contributed by atoms with van der Waals surface area (Å²) in [5.41, 5.74) is 15.3. The molecule has 0 unspecified atom stereocenters. The van der Waals surface area contributed by atoms with Gasteiger partial charge in [0.05, 0.1) is 6.04 Å². The summed E-state index contributed by atoms with van der Waals surface area (Å²) in [4.78, 5) is 34.5. The van der Waals surface area contributed by atoms with Crippen LogP contribution in [0.15, 0.2) is 76.7 Å². The van der Waals surface area contributed by atoms with E-state index in [9.17, 15) is 9.59 Å². The highest BCUT2D eigenvalue weighted by Crippen LogP contribution is 2.34. The van der Waals surface area contributed by atoms with Crippen molar-refractivity contribution in [3.8, 4) is 0 Å². The Morgan fingerprint density at radius 2 is 1.68 bits per heavy atom. The highest BCUT2D eigenvalue weighted by Gasteiger charge is 2.31. The summed E-state index contributed by atoms with van der Waals surface area (Å²) in [6.07, 6.45) is 4.45. The van der Waals surface area contributed by atoms with Gasteiger partial charge in [-0.15, -0.1) is 0 Å². The predicted octanol–water partition coefficient (Wildman–Crippen LogP) is 5.49. The van der Waals surface area contributed by atoms with Crippen LogP contribution in [0.1, 0.15) is 36.0 Å². The molecule has 8 nitrogen and oxygen atoms in total. The van der Waals surface area contributed by atoms with Gasteiger partial charge < -0.3 is 32.0 Å². The number of nitrogens with one attached hydrogen (secondary N) is 3. The fourth-order valence-corrected chi connectivity index (χ4v) is 6.63. The third-order valence-corrected chi connectivity index (χ3v) is 9.45. The van der Waals surface area contributed by atoms with Crippen LogP contribution in [0.3, 0.4) is 0 Å². The van der Waals surface area contributed by atoms with Crippen molar-refractivity contribution < 1.29 is 9.59 Å². The van der Waals surface area contributed by atoms with Gasteiger partial charge in [-0.05, 0) is 79.5 Å². The number of amides is 2. The lowest BCUT2D eigenvalue weighted by Crippen LogP contribution is -2.53. The van der Waals surface area contributed by atoms with Crippen LogP contribution in [0.4, 0.5) is 0 Å². The Morgan fingerprint density at radius 3 is 2.43 bits per heavy atom. The van der Waals surface area contributed by atoms with Crippen LogP contribution in [0.2, 0.25) is 10.0 Å². The summed E-state index contributed by atoms with van der Waals surface area (Å²) in [5.74, 6) is -0.413. The van der Waals surface area contributed by atoms with E-state index in [-0.39, 0.29) is 18.4 Å². The second kappa shape index (κ2) is 16.3. The SMILES string of the molecule is CN[C@@H](CCCCN)C(=O)N(C)[C@@H](Cc1c[nH]c2cc(Cl)ccc12)C(=O)NCc1cc(Cl)ccc1Sc1ccccc1CN. The molecule has 0 aliphatic heterocycles. The van der Waals surface area contributed by atoms with Gasteiger partial charge in [0.15, 0.2) is 0 Å². The maximum atomic E-state index is 14.0. The van der Waals surface area contributed by atoms with Crippen LogP contribution in [0.25, 0.3) is 10.9 Å². The summed E-state index contributed by atoms with van der Waals surface area (Å²) in [6, 6.07) is 18.0. The Morgan fingerprint density at radius 1 is 0.955 bits per heavy atom.